The highest BCUT2D eigenvalue weighted by atomic mass is 32.2. The number of sulfonamides is 1. The first-order valence-corrected chi connectivity index (χ1v) is 14.1. The van der Waals surface area contributed by atoms with Crippen LogP contribution in [0.3, 0.4) is 0 Å². The minimum absolute atomic E-state index is 0.135. The Bertz CT molecular complexity index is 1090. The van der Waals surface area contributed by atoms with Gasteiger partial charge in [-0.05, 0) is 56.4 Å². The van der Waals surface area contributed by atoms with Crippen molar-refractivity contribution in [2.75, 3.05) is 23.7 Å². The Morgan fingerprint density at radius 3 is 2.34 bits per heavy atom. The SMILES string of the molecule is CCCCNC(=O)[C@@H](C)N(Cc1ccccc1)C(=O)CCCN(c1cc(C)ccc1C)S(C)(=O)=O. The van der Waals surface area contributed by atoms with Crippen LogP contribution < -0.4 is 9.62 Å². The summed E-state index contributed by atoms with van der Waals surface area (Å²) in [5.41, 5.74) is 3.38. The van der Waals surface area contributed by atoms with Crippen LogP contribution >= 0.6 is 0 Å². The van der Waals surface area contributed by atoms with Crippen molar-refractivity contribution in [2.45, 2.75) is 66.0 Å². The highest BCUT2D eigenvalue weighted by Gasteiger charge is 2.26. The Balaban J connectivity index is 2.15. The second-order valence-corrected chi connectivity index (χ2v) is 11.0. The molecule has 8 heteroatoms. The van der Waals surface area contributed by atoms with Gasteiger partial charge in [0.25, 0.3) is 0 Å². The maximum atomic E-state index is 13.3. The third-order valence-corrected chi connectivity index (χ3v) is 7.16. The van der Waals surface area contributed by atoms with E-state index in [2.05, 4.69) is 12.2 Å². The van der Waals surface area contributed by atoms with E-state index in [9.17, 15) is 18.0 Å². The molecule has 0 bridgehead atoms. The van der Waals surface area contributed by atoms with Gasteiger partial charge in [0.05, 0.1) is 11.9 Å². The van der Waals surface area contributed by atoms with Crippen LogP contribution in [0.4, 0.5) is 5.69 Å². The number of aryl methyl sites for hydroxylation is 2. The number of benzene rings is 2. The fourth-order valence-corrected chi connectivity index (χ4v) is 4.88. The van der Waals surface area contributed by atoms with E-state index in [-0.39, 0.29) is 24.8 Å². The van der Waals surface area contributed by atoms with Gasteiger partial charge in [-0.25, -0.2) is 8.42 Å². The summed E-state index contributed by atoms with van der Waals surface area (Å²) in [5, 5.41) is 2.91. The Morgan fingerprint density at radius 2 is 1.71 bits per heavy atom. The average molecular weight is 502 g/mol. The molecule has 2 rings (SSSR count). The molecule has 0 unspecified atom stereocenters. The Morgan fingerprint density at radius 1 is 1.03 bits per heavy atom. The summed E-state index contributed by atoms with van der Waals surface area (Å²) in [6, 6.07) is 14.6. The van der Waals surface area contributed by atoms with E-state index in [1.807, 2.05) is 62.4 Å². The number of carbonyl (C=O) groups excluding carboxylic acids is 2. The molecule has 35 heavy (non-hydrogen) atoms. The number of hydrogen-bond acceptors (Lipinski definition) is 4. The van der Waals surface area contributed by atoms with E-state index < -0.39 is 16.1 Å². The van der Waals surface area contributed by atoms with Gasteiger partial charge in [0.1, 0.15) is 6.04 Å². The summed E-state index contributed by atoms with van der Waals surface area (Å²) >= 11 is 0. The van der Waals surface area contributed by atoms with E-state index in [1.165, 1.54) is 10.6 Å². The lowest BCUT2D eigenvalue weighted by Gasteiger charge is -2.29. The van der Waals surface area contributed by atoms with Crippen LogP contribution in [0.25, 0.3) is 0 Å². The molecule has 2 aromatic rings. The van der Waals surface area contributed by atoms with Gasteiger partial charge in [-0.15, -0.1) is 0 Å². The zero-order valence-electron chi connectivity index (χ0n) is 21.6. The first-order valence-electron chi connectivity index (χ1n) is 12.2. The topological polar surface area (TPSA) is 86.8 Å². The highest BCUT2D eigenvalue weighted by molar-refractivity contribution is 7.92. The smallest absolute Gasteiger partial charge is 0.242 e. The number of anilines is 1. The number of rotatable bonds is 13. The molecule has 0 spiro atoms. The van der Waals surface area contributed by atoms with E-state index in [1.54, 1.807) is 11.8 Å². The second-order valence-electron chi connectivity index (χ2n) is 9.06. The summed E-state index contributed by atoms with van der Waals surface area (Å²) in [7, 11) is -3.52. The van der Waals surface area contributed by atoms with Gasteiger partial charge >= 0.3 is 0 Å². The number of nitrogens with zero attached hydrogens (tertiary/aromatic N) is 2. The number of amides is 2. The molecule has 192 valence electrons. The van der Waals surface area contributed by atoms with Gasteiger partial charge in [-0.3, -0.25) is 13.9 Å². The van der Waals surface area contributed by atoms with E-state index >= 15 is 0 Å². The van der Waals surface area contributed by atoms with Crippen LogP contribution in [0.1, 0.15) is 56.2 Å². The predicted octanol–water partition coefficient (Wildman–Crippen LogP) is 4.18. The molecular formula is C27H39N3O4S. The molecule has 0 aliphatic heterocycles. The zero-order valence-corrected chi connectivity index (χ0v) is 22.4. The molecule has 0 saturated heterocycles. The monoisotopic (exact) mass is 501 g/mol. The molecule has 0 aromatic heterocycles. The van der Waals surface area contributed by atoms with Crippen LogP contribution in [0, 0.1) is 13.8 Å². The van der Waals surface area contributed by atoms with Gasteiger partial charge < -0.3 is 10.2 Å². The van der Waals surface area contributed by atoms with Crippen molar-refractivity contribution in [2.24, 2.45) is 0 Å². The number of hydrogen-bond donors (Lipinski definition) is 1. The molecular weight excluding hydrogens is 462 g/mol. The lowest BCUT2D eigenvalue weighted by Crippen LogP contribution is -2.48. The molecule has 2 amide bonds. The average Bonchev–Trinajstić information content (AvgIpc) is 2.81. The molecule has 0 saturated carbocycles. The van der Waals surface area contributed by atoms with E-state index in [0.717, 1.165) is 29.5 Å². The van der Waals surface area contributed by atoms with Crippen molar-refractivity contribution in [3.05, 3.63) is 65.2 Å². The van der Waals surface area contributed by atoms with Gasteiger partial charge in [0, 0.05) is 26.1 Å². The number of unbranched alkanes of at least 4 members (excludes halogenated alkanes) is 1. The van der Waals surface area contributed by atoms with Gasteiger partial charge in [0.15, 0.2) is 0 Å². The molecule has 0 radical (unpaired) electrons. The van der Waals surface area contributed by atoms with Crippen molar-refractivity contribution in [3.63, 3.8) is 0 Å². The first kappa shape index (κ1) is 28.4. The van der Waals surface area contributed by atoms with Crippen LogP contribution in [0.15, 0.2) is 48.5 Å². The lowest BCUT2D eigenvalue weighted by molar-refractivity contribution is -0.140. The fourth-order valence-electron chi connectivity index (χ4n) is 3.87. The summed E-state index contributed by atoms with van der Waals surface area (Å²) in [6.45, 7) is 8.66. The van der Waals surface area contributed by atoms with Crippen molar-refractivity contribution in [1.29, 1.82) is 0 Å². The van der Waals surface area contributed by atoms with Gasteiger partial charge in [-0.1, -0.05) is 55.8 Å². The maximum Gasteiger partial charge on any atom is 0.242 e. The van der Waals surface area contributed by atoms with Crippen LogP contribution in [0.2, 0.25) is 0 Å². The van der Waals surface area contributed by atoms with Crippen LogP contribution in [-0.4, -0.2) is 50.5 Å². The van der Waals surface area contributed by atoms with Crippen molar-refractivity contribution in [3.8, 4) is 0 Å². The van der Waals surface area contributed by atoms with Crippen molar-refractivity contribution in [1.82, 2.24) is 10.2 Å². The van der Waals surface area contributed by atoms with Gasteiger partial charge in [0.2, 0.25) is 21.8 Å². The van der Waals surface area contributed by atoms with E-state index in [4.69, 9.17) is 0 Å². The molecule has 1 N–H and O–H groups in total. The lowest BCUT2D eigenvalue weighted by atomic mass is 10.1. The van der Waals surface area contributed by atoms with E-state index in [0.29, 0.717) is 25.2 Å². The minimum atomic E-state index is -3.52. The summed E-state index contributed by atoms with van der Waals surface area (Å²) < 4.78 is 26.5. The summed E-state index contributed by atoms with van der Waals surface area (Å²) in [6.07, 6.45) is 3.51. The normalized spacial score (nSPS) is 12.1. The minimum Gasteiger partial charge on any atom is -0.354 e. The number of nitrogens with one attached hydrogen (secondary N) is 1. The molecule has 1 atom stereocenters. The third-order valence-electron chi connectivity index (χ3n) is 5.98. The quantitative estimate of drug-likeness (QED) is 0.417. The Hall–Kier alpha value is -2.87. The zero-order chi connectivity index (χ0) is 26.0. The largest absolute Gasteiger partial charge is 0.354 e. The molecule has 0 heterocycles. The highest BCUT2D eigenvalue weighted by Crippen LogP contribution is 2.24. The van der Waals surface area contributed by atoms with Gasteiger partial charge in [-0.2, -0.15) is 0 Å². The molecule has 2 aromatic carbocycles. The standard InChI is InChI=1S/C27H39N3O4S/c1-6-7-17-28-27(32)23(4)29(20-24-12-9-8-10-13-24)26(31)14-11-18-30(35(5,33)34)25-19-21(2)15-16-22(25)3/h8-10,12-13,15-16,19,23H,6-7,11,14,17-18,20H2,1-5H3,(H,28,32)/t23-/m1/s1. The Labute approximate surface area is 210 Å². The third kappa shape index (κ3) is 8.69. The second kappa shape index (κ2) is 13.3. The molecule has 0 fully saturated rings. The van der Waals surface area contributed by atoms with Crippen LogP contribution in [-0.2, 0) is 26.2 Å². The summed E-state index contributed by atoms with van der Waals surface area (Å²) in [5.74, 6) is -0.364. The molecule has 7 nitrogen and oxygen atoms in total. The molecule has 0 aliphatic rings. The first-order chi connectivity index (χ1) is 16.5. The fraction of sp³-hybridized carbons (Fsp3) is 0.481. The number of carbonyl (C=O) groups is 2. The molecule has 0 aliphatic carbocycles. The van der Waals surface area contributed by atoms with Crippen molar-refractivity contribution < 1.29 is 18.0 Å². The Kier molecular flexibility index (Phi) is 10.8. The predicted molar refractivity (Wildman–Crippen MR) is 142 cm³/mol. The van der Waals surface area contributed by atoms with Crippen LogP contribution in [0.5, 0.6) is 0 Å². The summed E-state index contributed by atoms with van der Waals surface area (Å²) in [4.78, 5) is 27.6. The van der Waals surface area contributed by atoms with Crippen molar-refractivity contribution >= 4 is 27.5 Å². The maximum absolute atomic E-state index is 13.3.